The Hall–Kier alpha value is -1.88. The van der Waals surface area contributed by atoms with Gasteiger partial charge in [-0.1, -0.05) is 0 Å². The molecule has 2 amide bonds. The van der Waals surface area contributed by atoms with Gasteiger partial charge >= 0.3 is 0 Å². The quantitative estimate of drug-likeness (QED) is 0.760. The fourth-order valence-corrected chi connectivity index (χ4v) is 2.22. The molecule has 5 heteroatoms. The maximum absolute atomic E-state index is 12.3. The van der Waals surface area contributed by atoms with E-state index >= 15 is 0 Å². The zero-order chi connectivity index (χ0) is 15.6. The van der Waals surface area contributed by atoms with E-state index in [-0.39, 0.29) is 12.5 Å². The van der Waals surface area contributed by atoms with Gasteiger partial charge in [-0.2, -0.15) is 0 Å². The van der Waals surface area contributed by atoms with Gasteiger partial charge in [0, 0.05) is 5.56 Å². The predicted molar refractivity (Wildman–Crippen MR) is 77.7 cm³/mol. The van der Waals surface area contributed by atoms with E-state index in [1.165, 1.54) is 5.56 Å². The van der Waals surface area contributed by atoms with Gasteiger partial charge in [0.2, 0.25) is 5.91 Å². The molecule has 1 unspecified atom stereocenters. The van der Waals surface area contributed by atoms with E-state index in [9.17, 15) is 14.7 Å². The highest BCUT2D eigenvalue weighted by Crippen LogP contribution is 2.25. The van der Waals surface area contributed by atoms with Gasteiger partial charge in [-0.05, 0) is 62.4 Å². The number of aliphatic hydroxyl groups is 1. The third-order valence-corrected chi connectivity index (χ3v) is 4.01. The molecule has 0 spiro atoms. The van der Waals surface area contributed by atoms with Crippen LogP contribution in [0.15, 0.2) is 0 Å². The van der Waals surface area contributed by atoms with E-state index < -0.39 is 12.0 Å². The van der Waals surface area contributed by atoms with Crippen LogP contribution < -0.4 is 11.1 Å². The molecule has 0 aromatic heterocycles. The summed E-state index contributed by atoms with van der Waals surface area (Å²) in [5, 5.41) is 11.9. The summed E-state index contributed by atoms with van der Waals surface area (Å²) in [5.74, 6) is -1.15. The van der Waals surface area contributed by atoms with Crippen molar-refractivity contribution in [1.29, 1.82) is 0 Å². The van der Waals surface area contributed by atoms with E-state index in [0.29, 0.717) is 5.56 Å². The zero-order valence-electron chi connectivity index (χ0n) is 12.6. The lowest BCUT2D eigenvalue weighted by Crippen LogP contribution is -2.40. The highest BCUT2D eigenvalue weighted by Gasteiger charge is 2.19. The largest absolute Gasteiger partial charge is 0.381 e. The van der Waals surface area contributed by atoms with E-state index in [4.69, 9.17) is 5.73 Å². The number of rotatable bonds is 4. The molecule has 0 radical (unpaired) electrons. The number of hydrogen-bond acceptors (Lipinski definition) is 3. The molecule has 0 saturated heterocycles. The molecule has 0 aliphatic rings. The van der Waals surface area contributed by atoms with Crippen LogP contribution in [0.25, 0.3) is 0 Å². The number of carbonyl (C=O) groups is 2. The number of aliphatic hydroxyl groups excluding tert-OH is 1. The van der Waals surface area contributed by atoms with Gasteiger partial charge in [0.05, 0.1) is 6.54 Å². The first-order valence-electron chi connectivity index (χ1n) is 6.51. The first-order valence-corrected chi connectivity index (χ1v) is 6.51. The lowest BCUT2D eigenvalue weighted by molar-refractivity contribution is -0.125. The van der Waals surface area contributed by atoms with Crippen molar-refractivity contribution in [2.75, 3.05) is 6.54 Å². The minimum atomic E-state index is -1.37. The molecule has 1 atom stereocenters. The number of nitrogens with two attached hydrogens (primary N) is 1. The molecule has 0 bridgehead atoms. The van der Waals surface area contributed by atoms with Crippen LogP contribution in [0.2, 0.25) is 0 Å². The van der Waals surface area contributed by atoms with Crippen LogP contribution in [0, 0.1) is 34.6 Å². The number of primary amides is 1. The fraction of sp³-hybridized carbons (Fsp3) is 0.467. The summed E-state index contributed by atoms with van der Waals surface area (Å²) in [7, 11) is 0. The molecule has 4 N–H and O–H groups in total. The minimum absolute atomic E-state index is 0.182. The van der Waals surface area contributed by atoms with Crippen LogP contribution >= 0.6 is 0 Å². The zero-order valence-corrected chi connectivity index (χ0v) is 12.6. The van der Waals surface area contributed by atoms with Gasteiger partial charge in [-0.15, -0.1) is 0 Å². The number of carbonyl (C=O) groups excluding carboxylic acids is 2. The van der Waals surface area contributed by atoms with E-state index in [1.54, 1.807) is 0 Å². The molecule has 110 valence electrons. The summed E-state index contributed by atoms with van der Waals surface area (Å²) in [5.41, 5.74) is 10.7. The van der Waals surface area contributed by atoms with Crippen molar-refractivity contribution in [1.82, 2.24) is 5.32 Å². The summed E-state index contributed by atoms with van der Waals surface area (Å²) in [6.45, 7) is 9.60. The second-order valence-corrected chi connectivity index (χ2v) is 5.13. The van der Waals surface area contributed by atoms with Gasteiger partial charge in [-0.3, -0.25) is 9.59 Å². The smallest absolute Gasteiger partial charge is 0.251 e. The summed E-state index contributed by atoms with van der Waals surface area (Å²) in [4.78, 5) is 23.0. The Morgan fingerprint density at radius 1 is 1.00 bits per heavy atom. The number of nitrogens with one attached hydrogen (secondary N) is 1. The summed E-state index contributed by atoms with van der Waals surface area (Å²) < 4.78 is 0. The maximum Gasteiger partial charge on any atom is 0.251 e. The molecule has 1 aromatic carbocycles. The third-order valence-electron chi connectivity index (χ3n) is 4.01. The Bertz CT molecular complexity index is 536. The number of amides is 2. The Kier molecular flexibility index (Phi) is 4.89. The van der Waals surface area contributed by atoms with Crippen molar-refractivity contribution >= 4 is 11.8 Å². The highest BCUT2D eigenvalue weighted by atomic mass is 16.3. The molecule has 20 heavy (non-hydrogen) atoms. The van der Waals surface area contributed by atoms with Crippen molar-refractivity contribution < 1.29 is 14.7 Å². The molecular weight excluding hydrogens is 256 g/mol. The molecule has 0 aliphatic carbocycles. The second-order valence-electron chi connectivity index (χ2n) is 5.13. The maximum atomic E-state index is 12.3. The van der Waals surface area contributed by atoms with Gasteiger partial charge in [0.25, 0.3) is 5.91 Å². The molecule has 0 aliphatic heterocycles. The fourth-order valence-electron chi connectivity index (χ4n) is 2.22. The minimum Gasteiger partial charge on any atom is -0.381 e. The van der Waals surface area contributed by atoms with E-state index in [2.05, 4.69) is 5.32 Å². The molecule has 0 fully saturated rings. The molecule has 1 aromatic rings. The topological polar surface area (TPSA) is 92.4 Å². The Morgan fingerprint density at radius 2 is 1.40 bits per heavy atom. The van der Waals surface area contributed by atoms with Crippen molar-refractivity contribution in [2.45, 2.75) is 40.7 Å². The Balaban J connectivity index is 3.08. The summed E-state index contributed by atoms with van der Waals surface area (Å²) >= 11 is 0. The first kappa shape index (κ1) is 16.2. The lowest BCUT2D eigenvalue weighted by atomic mass is 9.89. The van der Waals surface area contributed by atoms with Crippen LogP contribution in [-0.4, -0.2) is 29.6 Å². The van der Waals surface area contributed by atoms with E-state index in [1.807, 2.05) is 34.6 Å². The van der Waals surface area contributed by atoms with Crippen LogP contribution in [0.3, 0.4) is 0 Å². The van der Waals surface area contributed by atoms with Crippen molar-refractivity contribution in [3.05, 3.63) is 33.4 Å². The van der Waals surface area contributed by atoms with Crippen LogP contribution in [0.5, 0.6) is 0 Å². The Labute approximate surface area is 119 Å². The normalized spacial score (nSPS) is 12.1. The van der Waals surface area contributed by atoms with Gasteiger partial charge < -0.3 is 16.2 Å². The van der Waals surface area contributed by atoms with E-state index in [0.717, 1.165) is 22.3 Å². The lowest BCUT2D eigenvalue weighted by Gasteiger charge is -2.18. The predicted octanol–water partition coefficient (Wildman–Crippen LogP) is 0.805. The Morgan fingerprint density at radius 3 is 1.80 bits per heavy atom. The van der Waals surface area contributed by atoms with Crippen molar-refractivity contribution in [2.24, 2.45) is 5.73 Å². The van der Waals surface area contributed by atoms with Gasteiger partial charge in [-0.25, -0.2) is 0 Å². The molecule has 0 saturated carbocycles. The van der Waals surface area contributed by atoms with Crippen LogP contribution in [0.1, 0.15) is 38.2 Å². The van der Waals surface area contributed by atoms with Crippen molar-refractivity contribution in [3.63, 3.8) is 0 Å². The highest BCUT2D eigenvalue weighted by molar-refractivity contribution is 5.98. The standard InChI is InChI=1S/C15H22N2O3/c1-7-8(2)10(4)13(11(5)9(7)3)15(20)17-6-12(18)14(16)19/h12,18H,6H2,1-5H3,(H2,16,19)(H,17,20). The average Bonchev–Trinajstić information content (AvgIpc) is 2.40. The molecular formula is C15H22N2O3. The van der Waals surface area contributed by atoms with Crippen LogP contribution in [-0.2, 0) is 4.79 Å². The molecule has 0 heterocycles. The second kappa shape index (κ2) is 6.05. The molecule has 5 nitrogen and oxygen atoms in total. The molecule has 1 rings (SSSR count). The number of hydrogen-bond donors (Lipinski definition) is 3. The SMILES string of the molecule is Cc1c(C)c(C)c(C(=O)NCC(O)C(N)=O)c(C)c1C. The number of benzene rings is 1. The monoisotopic (exact) mass is 278 g/mol. The summed E-state index contributed by atoms with van der Waals surface area (Å²) in [6, 6.07) is 0. The van der Waals surface area contributed by atoms with Gasteiger partial charge in [0.15, 0.2) is 0 Å². The average molecular weight is 278 g/mol. The van der Waals surface area contributed by atoms with Crippen molar-refractivity contribution in [3.8, 4) is 0 Å². The third kappa shape index (κ3) is 2.99. The van der Waals surface area contributed by atoms with Crippen LogP contribution in [0.4, 0.5) is 0 Å². The van der Waals surface area contributed by atoms with Gasteiger partial charge in [0.1, 0.15) is 6.10 Å². The summed E-state index contributed by atoms with van der Waals surface area (Å²) in [6.07, 6.45) is -1.37. The first-order chi connectivity index (χ1) is 9.18.